The second-order valence-electron chi connectivity index (χ2n) is 5.60. The van der Waals surface area contributed by atoms with E-state index < -0.39 is 11.7 Å². The van der Waals surface area contributed by atoms with Crippen molar-refractivity contribution < 1.29 is 24.1 Å². The fraction of sp³-hybridized carbons (Fsp3) is 0.688. The van der Waals surface area contributed by atoms with Crippen LogP contribution < -0.4 is 0 Å². The van der Waals surface area contributed by atoms with Crippen LogP contribution in [-0.2, 0) is 19.0 Å². The van der Waals surface area contributed by atoms with Gasteiger partial charge in [-0.2, -0.15) is 0 Å². The monoisotopic (exact) mass is 294 g/mol. The number of carbonyl (C=O) groups is 1. The molecule has 1 N–H and O–H groups in total. The van der Waals surface area contributed by atoms with E-state index in [1.807, 2.05) is 0 Å². The second-order valence-corrected chi connectivity index (χ2v) is 5.60. The van der Waals surface area contributed by atoms with E-state index in [-0.39, 0.29) is 25.1 Å². The molecule has 2 heterocycles. The molecule has 2 aliphatic rings. The largest absolute Gasteiger partial charge is 0.484 e. The van der Waals surface area contributed by atoms with Crippen molar-refractivity contribution >= 4 is 5.78 Å². The Morgan fingerprint density at radius 1 is 1.57 bits per heavy atom. The van der Waals surface area contributed by atoms with Crippen molar-refractivity contribution in [2.75, 3.05) is 13.2 Å². The fourth-order valence-electron chi connectivity index (χ4n) is 2.47. The maximum Gasteiger partial charge on any atom is 0.202 e. The van der Waals surface area contributed by atoms with Crippen LogP contribution in [-0.4, -0.2) is 42.1 Å². The summed E-state index contributed by atoms with van der Waals surface area (Å²) in [7, 11) is 0. The first-order valence-electron chi connectivity index (χ1n) is 7.31. The average Bonchev–Trinajstić information content (AvgIpc) is 2.68. The van der Waals surface area contributed by atoms with E-state index in [9.17, 15) is 9.90 Å². The van der Waals surface area contributed by atoms with Crippen molar-refractivity contribution in [3.63, 3.8) is 0 Å². The summed E-state index contributed by atoms with van der Waals surface area (Å²) in [6, 6.07) is 0. The minimum atomic E-state index is -1.01. The number of hydrogen-bond acceptors (Lipinski definition) is 5. The highest BCUT2D eigenvalue weighted by Gasteiger charge is 2.40. The quantitative estimate of drug-likeness (QED) is 0.797. The molecule has 0 saturated carbocycles. The average molecular weight is 294 g/mol. The molecule has 0 aromatic carbocycles. The lowest BCUT2D eigenvalue weighted by atomic mass is 9.94. The normalized spacial score (nSPS) is 30.1. The van der Waals surface area contributed by atoms with Gasteiger partial charge in [0.1, 0.15) is 12.7 Å². The molecule has 0 aromatic rings. The van der Waals surface area contributed by atoms with Gasteiger partial charge in [0.05, 0.1) is 5.76 Å². The Bertz CT molecular complexity index is 467. The zero-order chi connectivity index (χ0) is 15.3. The zero-order valence-electron chi connectivity index (χ0n) is 12.6. The molecule has 0 bridgehead atoms. The van der Waals surface area contributed by atoms with Gasteiger partial charge in [-0.3, -0.25) is 4.79 Å². The molecule has 0 radical (unpaired) electrons. The van der Waals surface area contributed by atoms with Crippen LogP contribution >= 0.6 is 0 Å². The van der Waals surface area contributed by atoms with Crippen molar-refractivity contribution in [1.82, 2.24) is 0 Å². The molecule has 1 saturated heterocycles. The number of allylic oxidation sites excluding steroid dienone is 1. The third-order valence-electron chi connectivity index (χ3n) is 3.57. The highest BCUT2D eigenvalue weighted by molar-refractivity contribution is 5.99. The van der Waals surface area contributed by atoms with Gasteiger partial charge in [0, 0.05) is 19.1 Å². The summed E-state index contributed by atoms with van der Waals surface area (Å²) in [5.41, 5.74) is -1.01. The van der Waals surface area contributed by atoms with Crippen LogP contribution in [0.25, 0.3) is 0 Å². The maximum atomic E-state index is 11.8. The van der Waals surface area contributed by atoms with Crippen LogP contribution in [0.1, 0.15) is 39.5 Å². The number of aliphatic hydroxyl groups is 1. The van der Waals surface area contributed by atoms with E-state index in [0.29, 0.717) is 5.76 Å². The summed E-state index contributed by atoms with van der Waals surface area (Å²) in [5.74, 6) is 5.88. The van der Waals surface area contributed by atoms with Gasteiger partial charge in [0.15, 0.2) is 11.9 Å². The summed E-state index contributed by atoms with van der Waals surface area (Å²) < 4.78 is 16.3. The van der Waals surface area contributed by atoms with Crippen LogP contribution in [0.5, 0.6) is 0 Å². The number of rotatable bonds is 4. The van der Waals surface area contributed by atoms with Crippen LogP contribution in [0, 0.1) is 11.8 Å². The van der Waals surface area contributed by atoms with Crippen molar-refractivity contribution in [2.24, 2.45) is 0 Å². The van der Waals surface area contributed by atoms with Crippen molar-refractivity contribution in [2.45, 2.75) is 57.5 Å². The topological polar surface area (TPSA) is 65.0 Å². The fourth-order valence-corrected chi connectivity index (χ4v) is 2.47. The molecule has 1 fully saturated rings. The molecule has 21 heavy (non-hydrogen) atoms. The Morgan fingerprint density at radius 3 is 3.00 bits per heavy atom. The molecule has 5 nitrogen and oxygen atoms in total. The third-order valence-corrected chi connectivity index (χ3v) is 3.57. The molecule has 3 atom stereocenters. The number of hydrogen-bond donors (Lipinski definition) is 1. The number of ether oxygens (including phenoxy) is 3. The Labute approximate surface area is 125 Å². The zero-order valence-corrected chi connectivity index (χ0v) is 12.6. The van der Waals surface area contributed by atoms with Gasteiger partial charge in [0.2, 0.25) is 5.78 Å². The molecule has 2 aliphatic heterocycles. The first kappa shape index (κ1) is 16.0. The van der Waals surface area contributed by atoms with Gasteiger partial charge in [-0.25, -0.2) is 0 Å². The minimum absolute atomic E-state index is 0.132. The first-order chi connectivity index (χ1) is 9.99. The lowest BCUT2D eigenvalue weighted by Crippen LogP contribution is -2.36. The van der Waals surface area contributed by atoms with Gasteiger partial charge in [0.25, 0.3) is 0 Å². The Hall–Kier alpha value is -1.35. The third kappa shape index (κ3) is 4.57. The number of ketones is 1. The molecule has 5 heteroatoms. The van der Waals surface area contributed by atoms with Crippen LogP contribution in [0.15, 0.2) is 11.8 Å². The maximum absolute atomic E-state index is 11.8. The SMILES string of the molecule is CC1=CC(=O)[C@](C)(C[C@@H](O)C#CCOC2CCCCO2)O1. The standard InChI is InChI=1S/C16H22O5/c1-12-10-14(18)16(2,21-12)11-13(17)6-5-9-20-15-7-3-4-8-19-15/h10,13,15,17H,3-4,7-9,11H2,1-2H3/t13-,15?,16-/m0/s1. The van der Waals surface area contributed by atoms with E-state index >= 15 is 0 Å². The Morgan fingerprint density at radius 2 is 2.38 bits per heavy atom. The van der Waals surface area contributed by atoms with E-state index in [4.69, 9.17) is 14.2 Å². The van der Waals surface area contributed by atoms with E-state index in [2.05, 4.69) is 11.8 Å². The first-order valence-corrected chi connectivity index (χ1v) is 7.31. The van der Waals surface area contributed by atoms with Gasteiger partial charge < -0.3 is 19.3 Å². The lowest BCUT2D eigenvalue weighted by molar-refractivity contribution is -0.154. The van der Waals surface area contributed by atoms with Crippen LogP contribution in [0.3, 0.4) is 0 Å². The molecule has 2 rings (SSSR count). The Balaban J connectivity index is 1.73. The number of carbonyl (C=O) groups excluding carboxylic acids is 1. The molecule has 1 unspecified atom stereocenters. The lowest BCUT2D eigenvalue weighted by Gasteiger charge is -2.24. The van der Waals surface area contributed by atoms with Gasteiger partial charge in [-0.1, -0.05) is 11.8 Å². The highest BCUT2D eigenvalue weighted by atomic mass is 16.7. The Kier molecular flexibility index (Phi) is 5.40. The molecule has 0 amide bonds. The summed E-state index contributed by atoms with van der Waals surface area (Å²) in [6.07, 6.45) is 3.55. The summed E-state index contributed by atoms with van der Waals surface area (Å²) in [4.78, 5) is 11.8. The molecule has 0 aromatic heterocycles. The van der Waals surface area contributed by atoms with Gasteiger partial charge in [-0.05, 0) is 33.1 Å². The molecular formula is C16H22O5. The van der Waals surface area contributed by atoms with Gasteiger partial charge >= 0.3 is 0 Å². The van der Waals surface area contributed by atoms with Gasteiger partial charge in [-0.15, -0.1) is 0 Å². The summed E-state index contributed by atoms with van der Waals surface area (Å²) in [5, 5.41) is 9.90. The summed E-state index contributed by atoms with van der Waals surface area (Å²) >= 11 is 0. The van der Waals surface area contributed by atoms with Crippen molar-refractivity contribution in [3.8, 4) is 11.8 Å². The molecule has 116 valence electrons. The number of aliphatic hydroxyl groups excluding tert-OH is 1. The van der Waals surface area contributed by atoms with E-state index in [1.165, 1.54) is 6.08 Å². The molecule has 0 spiro atoms. The van der Waals surface area contributed by atoms with Crippen molar-refractivity contribution in [1.29, 1.82) is 0 Å². The smallest absolute Gasteiger partial charge is 0.202 e. The van der Waals surface area contributed by atoms with E-state index in [1.54, 1.807) is 13.8 Å². The highest BCUT2D eigenvalue weighted by Crippen LogP contribution is 2.28. The van der Waals surface area contributed by atoms with Crippen LogP contribution in [0.2, 0.25) is 0 Å². The minimum Gasteiger partial charge on any atom is -0.484 e. The molecular weight excluding hydrogens is 272 g/mol. The van der Waals surface area contributed by atoms with Crippen LogP contribution in [0.4, 0.5) is 0 Å². The molecule has 0 aliphatic carbocycles. The predicted molar refractivity (Wildman–Crippen MR) is 76.2 cm³/mol. The van der Waals surface area contributed by atoms with E-state index in [0.717, 1.165) is 25.9 Å². The van der Waals surface area contributed by atoms with Crippen molar-refractivity contribution in [3.05, 3.63) is 11.8 Å². The summed E-state index contributed by atoms with van der Waals surface area (Å²) in [6.45, 7) is 4.33. The predicted octanol–water partition coefficient (Wildman–Crippen LogP) is 1.55. The second kappa shape index (κ2) is 7.08.